The van der Waals surface area contributed by atoms with Crippen LogP contribution >= 0.6 is 0 Å². The average molecular weight is 206 g/mol. The molecule has 1 saturated carbocycles. The molecule has 0 aliphatic heterocycles. The third-order valence-corrected chi connectivity index (χ3v) is 2.95. The Morgan fingerprint density at radius 1 is 1.47 bits per heavy atom. The van der Waals surface area contributed by atoms with E-state index in [4.69, 9.17) is 4.74 Å². The Morgan fingerprint density at radius 2 is 2.27 bits per heavy atom. The molecule has 0 bridgehead atoms. The number of aryl methyl sites for hydroxylation is 1. The lowest BCUT2D eigenvalue weighted by Gasteiger charge is -2.34. The molecular weight excluding hydrogens is 188 g/mol. The largest absolute Gasteiger partial charge is 0.381 e. The van der Waals surface area contributed by atoms with E-state index in [1.807, 2.05) is 13.0 Å². The Morgan fingerprint density at radius 3 is 2.93 bits per heavy atom. The van der Waals surface area contributed by atoms with E-state index in [1.54, 1.807) is 7.11 Å². The van der Waals surface area contributed by atoms with Gasteiger partial charge in [-0.15, -0.1) is 0 Å². The van der Waals surface area contributed by atoms with Gasteiger partial charge in [0.1, 0.15) is 0 Å². The topological polar surface area (TPSA) is 34.1 Å². The maximum Gasteiger partial charge on any atom is 0.0601 e. The van der Waals surface area contributed by atoms with Gasteiger partial charge in [0, 0.05) is 25.4 Å². The van der Waals surface area contributed by atoms with Gasteiger partial charge in [-0.05, 0) is 31.9 Å². The van der Waals surface area contributed by atoms with Crippen molar-refractivity contribution in [2.75, 3.05) is 7.11 Å². The molecule has 3 nitrogen and oxygen atoms in total. The van der Waals surface area contributed by atoms with E-state index < -0.39 is 0 Å². The van der Waals surface area contributed by atoms with Crippen LogP contribution in [0, 0.1) is 6.92 Å². The molecule has 0 atom stereocenters. The molecule has 15 heavy (non-hydrogen) atoms. The monoisotopic (exact) mass is 206 g/mol. The van der Waals surface area contributed by atoms with Gasteiger partial charge in [-0.2, -0.15) is 0 Å². The average Bonchev–Trinajstić information content (AvgIpc) is 2.16. The van der Waals surface area contributed by atoms with Crippen molar-refractivity contribution in [1.82, 2.24) is 10.3 Å². The fraction of sp³-hybridized carbons (Fsp3) is 0.583. The number of hydrogen-bond acceptors (Lipinski definition) is 3. The van der Waals surface area contributed by atoms with Gasteiger partial charge in [-0.25, -0.2) is 0 Å². The third kappa shape index (κ3) is 2.76. The molecule has 82 valence electrons. The van der Waals surface area contributed by atoms with Gasteiger partial charge >= 0.3 is 0 Å². The Bertz CT molecular complexity index is 321. The zero-order chi connectivity index (χ0) is 10.7. The minimum absolute atomic E-state index is 0.466. The second-order valence-corrected chi connectivity index (χ2v) is 4.18. The SMILES string of the molecule is COC1CC(NCc2cccc(C)n2)C1. The van der Waals surface area contributed by atoms with Crippen molar-refractivity contribution in [1.29, 1.82) is 0 Å². The van der Waals surface area contributed by atoms with Crippen molar-refractivity contribution in [3.8, 4) is 0 Å². The lowest BCUT2D eigenvalue weighted by Crippen LogP contribution is -2.44. The Hall–Kier alpha value is -0.930. The zero-order valence-corrected chi connectivity index (χ0v) is 9.36. The van der Waals surface area contributed by atoms with Crippen LogP contribution in [0.3, 0.4) is 0 Å². The lowest BCUT2D eigenvalue weighted by molar-refractivity contribution is 0.0169. The van der Waals surface area contributed by atoms with Crippen molar-refractivity contribution in [3.63, 3.8) is 0 Å². The normalized spacial score (nSPS) is 24.9. The van der Waals surface area contributed by atoms with E-state index in [0.29, 0.717) is 12.1 Å². The van der Waals surface area contributed by atoms with Gasteiger partial charge in [0.2, 0.25) is 0 Å². The van der Waals surface area contributed by atoms with Crippen LogP contribution in [-0.4, -0.2) is 24.2 Å². The molecule has 0 aromatic carbocycles. The van der Waals surface area contributed by atoms with Gasteiger partial charge in [0.05, 0.1) is 11.8 Å². The maximum absolute atomic E-state index is 5.23. The molecule has 0 saturated heterocycles. The number of nitrogens with zero attached hydrogens (tertiary/aromatic N) is 1. The van der Waals surface area contributed by atoms with Gasteiger partial charge < -0.3 is 10.1 Å². The smallest absolute Gasteiger partial charge is 0.0601 e. The third-order valence-electron chi connectivity index (χ3n) is 2.95. The molecule has 1 fully saturated rings. The molecule has 2 rings (SSSR count). The van der Waals surface area contributed by atoms with Crippen LogP contribution in [0.25, 0.3) is 0 Å². The summed E-state index contributed by atoms with van der Waals surface area (Å²) >= 11 is 0. The van der Waals surface area contributed by atoms with Gasteiger partial charge in [0.25, 0.3) is 0 Å². The number of nitrogens with one attached hydrogen (secondary N) is 1. The van der Waals surface area contributed by atoms with Crippen LogP contribution < -0.4 is 5.32 Å². The van der Waals surface area contributed by atoms with Crippen molar-refractivity contribution in [2.45, 2.75) is 38.5 Å². The molecule has 0 spiro atoms. The first kappa shape index (κ1) is 10.6. The van der Waals surface area contributed by atoms with Crippen LogP contribution in [0.5, 0.6) is 0 Å². The molecular formula is C12H18N2O. The summed E-state index contributed by atoms with van der Waals surface area (Å²) in [5, 5.41) is 3.48. The number of methoxy groups -OCH3 is 1. The maximum atomic E-state index is 5.23. The highest BCUT2D eigenvalue weighted by atomic mass is 16.5. The number of aromatic nitrogens is 1. The quantitative estimate of drug-likeness (QED) is 0.813. The van der Waals surface area contributed by atoms with Crippen LogP contribution in [-0.2, 0) is 11.3 Å². The minimum atomic E-state index is 0.466. The summed E-state index contributed by atoms with van der Waals surface area (Å²) in [6, 6.07) is 6.75. The second kappa shape index (κ2) is 4.73. The molecule has 1 aliphatic carbocycles. The van der Waals surface area contributed by atoms with Gasteiger partial charge in [-0.3, -0.25) is 4.98 Å². The molecule has 1 aliphatic rings. The summed E-state index contributed by atoms with van der Waals surface area (Å²) in [5.74, 6) is 0. The summed E-state index contributed by atoms with van der Waals surface area (Å²) in [7, 11) is 1.78. The highest BCUT2D eigenvalue weighted by Crippen LogP contribution is 2.22. The van der Waals surface area contributed by atoms with Crippen molar-refractivity contribution in [2.24, 2.45) is 0 Å². The molecule has 1 aromatic rings. The van der Waals surface area contributed by atoms with E-state index in [-0.39, 0.29) is 0 Å². The van der Waals surface area contributed by atoms with Crippen molar-refractivity contribution >= 4 is 0 Å². The standard InChI is InChI=1S/C12H18N2O/c1-9-4-3-5-10(14-9)8-13-11-6-12(7-11)15-2/h3-5,11-13H,6-8H2,1-2H3. The number of pyridine rings is 1. The first-order valence-electron chi connectivity index (χ1n) is 5.46. The summed E-state index contributed by atoms with van der Waals surface area (Å²) in [4.78, 5) is 4.45. The molecule has 0 amide bonds. The molecule has 1 heterocycles. The minimum Gasteiger partial charge on any atom is -0.381 e. The predicted octanol–water partition coefficient (Wildman–Crippen LogP) is 1.66. The molecule has 1 aromatic heterocycles. The number of rotatable bonds is 4. The first-order valence-corrected chi connectivity index (χ1v) is 5.46. The predicted molar refractivity (Wildman–Crippen MR) is 59.6 cm³/mol. The highest BCUT2D eigenvalue weighted by molar-refractivity contribution is 5.09. The van der Waals surface area contributed by atoms with E-state index >= 15 is 0 Å². The van der Waals surface area contributed by atoms with Crippen molar-refractivity contribution in [3.05, 3.63) is 29.6 Å². The highest BCUT2D eigenvalue weighted by Gasteiger charge is 2.28. The van der Waals surface area contributed by atoms with Crippen LogP contribution in [0.4, 0.5) is 0 Å². The number of ether oxygens (including phenoxy) is 1. The van der Waals surface area contributed by atoms with Gasteiger partial charge in [-0.1, -0.05) is 6.07 Å². The van der Waals surface area contributed by atoms with Crippen LogP contribution in [0.15, 0.2) is 18.2 Å². The first-order chi connectivity index (χ1) is 7.28. The molecule has 0 unspecified atom stereocenters. The van der Waals surface area contributed by atoms with E-state index in [2.05, 4.69) is 22.4 Å². The van der Waals surface area contributed by atoms with E-state index in [0.717, 1.165) is 30.8 Å². The summed E-state index contributed by atoms with van der Waals surface area (Å²) in [6.45, 7) is 2.89. The van der Waals surface area contributed by atoms with Gasteiger partial charge in [0.15, 0.2) is 0 Å². The van der Waals surface area contributed by atoms with Crippen molar-refractivity contribution < 1.29 is 4.74 Å². The van der Waals surface area contributed by atoms with Crippen LogP contribution in [0.1, 0.15) is 24.2 Å². The fourth-order valence-electron chi connectivity index (χ4n) is 1.87. The molecule has 0 radical (unpaired) electrons. The zero-order valence-electron chi connectivity index (χ0n) is 9.36. The molecule has 3 heteroatoms. The molecule has 1 N–H and O–H groups in total. The summed E-state index contributed by atoms with van der Waals surface area (Å²) < 4.78 is 5.23. The Balaban J connectivity index is 1.75. The Kier molecular flexibility index (Phi) is 3.34. The van der Waals surface area contributed by atoms with Crippen LogP contribution in [0.2, 0.25) is 0 Å². The van der Waals surface area contributed by atoms with E-state index in [9.17, 15) is 0 Å². The second-order valence-electron chi connectivity index (χ2n) is 4.18. The lowest BCUT2D eigenvalue weighted by atomic mass is 9.89. The fourth-order valence-corrected chi connectivity index (χ4v) is 1.87. The Labute approximate surface area is 90.9 Å². The number of hydrogen-bond donors (Lipinski definition) is 1. The summed E-state index contributed by atoms with van der Waals surface area (Å²) in [6.07, 6.45) is 2.72. The summed E-state index contributed by atoms with van der Waals surface area (Å²) in [5.41, 5.74) is 2.20. The van der Waals surface area contributed by atoms with E-state index in [1.165, 1.54) is 0 Å².